The van der Waals surface area contributed by atoms with Crippen molar-refractivity contribution in [1.82, 2.24) is 9.80 Å². The molecule has 0 aromatic heterocycles. The first kappa shape index (κ1) is 17.9. The zero-order chi connectivity index (χ0) is 16.9. The molecule has 1 aromatic rings. The number of nitrogens with zero attached hydrogens (tertiary/aromatic N) is 2. The topological polar surface area (TPSA) is 35.9 Å². The smallest absolute Gasteiger partial charge is 0.0793 e. The summed E-state index contributed by atoms with van der Waals surface area (Å²) >= 11 is 0. The van der Waals surface area contributed by atoms with Crippen LogP contribution in [-0.4, -0.2) is 72.0 Å². The maximum absolute atomic E-state index is 10.6. The van der Waals surface area contributed by atoms with Gasteiger partial charge in [-0.05, 0) is 45.2 Å². The van der Waals surface area contributed by atoms with Crippen LogP contribution in [0.15, 0.2) is 30.3 Å². The van der Waals surface area contributed by atoms with Gasteiger partial charge in [-0.1, -0.05) is 30.3 Å². The van der Waals surface area contributed by atoms with Gasteiger partial charge in [0.05, 0.1) is 18.3 Å². The molecule has 2 heterocycles. The van der Waals surface area contributed by atoms with Gasteiger partial charge >= 0.3 is 0 Å². The number of ether oxygens (including phenoxy) is 1. The lowest BCUT2D eigenvalue weighted by molar-refractivity contribution is -0.0781. The molecule has 4 heteroatoms. The second-order valence-electron chi connectivity index (χ2n) is 7.61. The van der Waals surface area contributed by atoms with E-state index in [4.69, 9.17) is 4.74 Å². The van der Waals surface area contributed by atoms with E-state index in [9.17, 15) is 5.11 Å². The minimum Gasteiger partial charge on any atom is -0.390 e. The van der Waals surface area contributed by atoms with Gasteiger partial charge in [0.2, 0.25) is 0 Å². The molecule has 0 saturated carbocycles. The zero-order valence-corrected chi connectivity index (χ0v) is 15.1. The molecule has 4 nitrogen and oxygen atoms in total. The molecule has 134 valence electrons. The van der Waals surface area contributed by atoms with Crippen LogP contribution in [-0.2, 0) is 11.2 Å². The minimum atomic E-state index is -0.279. The summed E-state index contributed by atoms with van der Waals surface area (Å²) in [6.07, 6.45) is 3.83. The number of aliphatic hydroxyl groups excluding tert-OH is 1. The highest BCUT2D eigenvalue weighted by Gasteiger charge is 2.28. The van der Waals surface area contributed by atoms with Crippen LogP contribution in [0.25, 0.3) is 0 Å². The molecule has 0 radical (unpaired) electrons. The maximum Gasteiger partial charge on any atom is 0.0793 e. The van der Waals surface area contributed by atoms with E-state index in [1.54, 1.807) is 0 Å². The van der Waals surface area contributed by atoms with Crippen LogP contribution in [0.1, 0.15) is 32.3 Å². The van der Waals surface area contributed by atoms with E-state index in [0.29, 0.717) is 6.04 Å². The third-order valence-corrected chi connectivity index (χ3v) is 5.22. The largest absolute Gasteiger partial charge is 0.390 e. The van der Waals surface area contributed by atoms with Gasteiger partial charge in [0.1, 0.15) is 0 Å². The zero-order valence-electron chi connectivity index (χ0n) is 15.1. The molecule has 24 heavy (non-hydrogen) atoms. The van der Waals surface area contributed by atoms with Crippen LogP contribution in [0.4, 0.5) is 0 Å². The van der Waals surface area contributed by atoms with Crippen LogP contribution in [0.2, 0.25) is 0 Å². The predicted octanol–water partition coefficient (Wildman–Crippen LogP) is 2.16. The standard InChI is InChI=1S/C20H32N2O2/c1-16-12-21(13-17(2)24-16)14-20(23)15-22-10-6-9-19(22)11-18-7-4-3-5-8-18/h3-5,7-8,16-17,19-20,23H,6,9-15H2,1-2H3. The van der Waals surface area contributed by atoms with Gasteiger partial charge in [0, 0.05) is 32.2 Å². The molecule has 0 bridgehead atoms. The number of hydrogen-bond acceptors (Lipinski definition) is 4. The fraction of sp³-hybridized carbons (Fsp3) is 0.700. The molecular formula is C20H32N2O2. The predicted molar refractivity (Wildman–Crippen MR) is 97.2 cm³/mol. The summed E-state index contributed by atoms with van der Waals surface area (Å²) in [5, 5.41) is 10.6. The lowest BCUT2D eigenvalue weighted by Gasteiger charge is -2.37. The van der Waals surface area contributed by atoms with Crippen molar-refractivity contribution >= 4 is 0 Å². The van der Waals surface area contributed by atoms with Crippen LogP contribution >= 0.6 is 0 Å². The van der Waals surface area contributed by atoms with E-state index in [-0.39, 0.29) is 18.3 Å². The molecule has 3 rings (SSSR count). The van der Waals surface area contributed by atoms with Gasteiger partial charge in [0.25, 0.3) is 0 Å². The van der Waals surface area contributed by atoms with Crippen LogP contribution < -0.4 is 0 Å². The molecule has 1 N–H and O–H groups in total. The van der Waals surface area contributed by atoms with Crippen molar-refractivity contribution in [2.75, 3.05) is 32.7 Å². The summed E-state index contributed by atoms with van der Waals surface area (Å²) < 4.78 is 5.78. The number of morpholine rings is 1. The Morgan fingerprint density at radius 1 is 1.12 bits per heavy atom. The van der Waals surface area contributed by atoms with Crippen molar-refractivity contribution in [1.29, 1.82) is 0 Å². The SMILES string of the molecule is CC1CN(CC(O)CN2CCCC2Cc2ccccc2)CC(C)O1. The van der Waals surface area contributed by atoms with E-state index >= 15 is 0 Å². The number of β-amino-alcohol motifs (C(OH)–C–C–N with tert-alkyl or cyclic N) is 1. The first-order chi connectivity index (χ1) is 11.6. The number of hydrogen-bond donors (Lipinski definition) is 1. The van der Waals surface area contributed by atoms with Crippen LogP contribution in [0, 0.1) is 0 Å². The summed E-state index contributed by atoms with van der Waals surface area (Å²) in [6.45, 7) is 8.75. The van der Waals surface area contributed by atoms with E-state index < -0.39 is 0 Å². The van der Waals surface area contributed by atoms with Crippen molar-refractivity contribution in [2.45, 2.75) is 57.5 Å². The van der Waals surface area contributed by atoms with E-state index in [1.807, 2.05) is 0 Å². The first-order valence-electron chi connectivity index (χ1n) is 9.44. The van der Waals surface area contributed by atoms with Crippen molar-refractivity contribution in [3.05, 3.63) is 35.9 Å². The van der Waals surface area contributed by atoms with E-state index in [1.165, 1.54) is 18.4 Å². The van der Waals surface area contributed by atoms with Gasteiger partial charge < -0.3 is 9.84 Å². The molecule has 1 aromatic carbocycles. The highest BCUT2D eigenvalue weighted by atomic mass is 16.5. The fourth-order valence-corrected chi connectivity index (χ4v) is 4.31. The van der Waals surface area contributed by atoms with Gasteiger partial charge in [-0.2, -0.15) is 0 Å². The van der Waals surface area contributed by atoms with Crippen LogP contribution in [0.3, 0.4) is 0 Å². The molecule has 2 saturated heterocycles. The molecule has 4 unspecified atom stereocenters. The van der Waals surface area contributed by atoms with Crippen molar-refractivity contribution < 1.29 is 9.84 Å². The Balaban J connectivity index is 1.48. The summed E-state index contributed by atoms with van der Waals surface area (Å²) in [5.74, 6) is 0. The quantitative estimate of drug-likeness (QED) is 0.866. The molecule has 0 spiro atoms. The second kappa shape index (κ2) is 8.43. The minimum absolute atomic E-state index is 0.263. The monoisotopic (exact) mass is 332 g/mol. The third kappa shape index (κ3) is 5.03. The van der Waals surface area contributed by atoms with Gasteiger partial charge in [0.15, 0.2) is 0 Å². The summed E-state index contributed by atoms with van der Waals surface area (Å²) in [4.78, 5) is 4.84. The normalized spacial score (nSPS) is 30.5. The Kier molecular flexibility index (Phi) is 6.28. The van der Waals surface area contributed by atoms with Gasteiger partial charge in [-0.15, -0.1) is 0 Å². The number of benzene rings is 1. The Bertz CT molecular complexity index is 486. The highest BCUT2D eigenvalue weighted by molar-refractivity contribution is 5.16. The lowest BCUT2D eigenvalue weighted by atomic mass is 10.0. The number of aliphatic hydroxyl groups is 1. The number of rotatable bonds is 6. The molecular weight excluding hydrogens is 300 g/mol. The van der Waals surface area contributed by atoms with E-state index in [2.05, 4.69) is 54.0 Å². The molecule has 0 aliphatic carbocycles. The average molecular weight is 332 g/mol. The van der Waals surface area contributed by atoms with Crippen molar-refractivity contribution in [3.63, 3.8) is 0 Å². The van der Waals surface area contributed by atoms with Gasteiger partial charge in [-0.25, -0.2) is 0 Å². The van der Waals surface area contributed by atoms with Gasteiger partial charge in [-0.3, -0.25) is 9.80 Å². The molecule has 2 aliphatic heterocycles. The summed E-state index contributed by atoms with van der Waals surface area (Å²) in [7, 11) is 0. The summed E-state index contributed by atoms with van der Waals surface area (Å²) in [5.41, 5.74) is 1.40. The lowest BCUT2D eigenvalue weighted by Crippen LogP contribution is -2.50. The van der Waals surface area contributed by atoms with E-state index in [0.717, 1.165) is 39.1 Å². The average Bonchev–Trinajstić information content (AvgIpc) is 2.94. The Morgan fingerprint density at radius 3 is 2.54 bits per heavy atom. The Morgan fingerprint density at radius 2 is 1.83 bits per heavy atom. The third-order valence-electron chi connectivity index (χ3n) is 5.22. The molecule has 0 amide bonds. The fourth-order valence-electron chi connectivity index (χ4n) is 4.31. The Labute approximate surface area is 146 Å². The van der Waals surface area contributed by atoms with Crippen molar-refractivity contribution in [3.8, 4) is 0 Å². The van der Waals surface area contributed by atoms with Crippen LogP contribution in [0.5, 0.6) is 0 Å². The molecule has 4 atom stereocenters. The first-order valence-corrected chi connectivity index (χ1v) is 9.44. The molecule has 2 fully saturated rings. The number of likely N-dealkylation sites (tertiary alicyclic amines) is 1. The van der Waals surface area contributed by atoms with Crippen molar-refractivity contribution in [2.24, 2.45) is 0 Å². The maximum atomic E-state index is 10.6. The molecule has 2 aliphatic rings. The Hall–Kier alpha value is -0.940. The summed E-state index contributed by atoms with van der Waals surface area (Å²) in [6, 6.07) is 11.3. The highest BCUT2D eigenvalue weighted by Crippen LogP contribution is 2.21. The second-order valence-corrected chi connectivity index (χ2v) is 7.61.